The summed E-state index contributed by atoms with van der Waals surface area (Å²) >= 11 is 0. The number of amides is 1. The molecule has 3 aromatic rings. The monoisotopic (exact) mass is 658 g/mol. The Kier molecular flexibility index (Phi) is 10.2. The minimum atomic E-state index is -1.43. The van der Waals surface area contributed by atoms with E-state index < -0.39 is 24.0 Å². The molecule has 3 aliphatic heterocycles. The lowest BCUT2D eigenvalue weighted by Gasteiger charge is -2.41. The van der Waals surface area contributed by atoms with Crippen LogP contribution < -0.4 is 15.0 Å². The second-order valence-electron chi connectivity index (χ2n) is 13.4. The highest BCUT2D eigenvalue weighted by molar-refractivity contribution is 5.68. The van der Waals surface area contributed by atoms with E-state index in [1.54, 1.807) is 39.0 Å². The molecular weight excluding hydrogens is 615 g/mol. The van der Waals surface area contributed by atoms with Crippen molar-refractivity contribution in [1.29, 1.82) is 5.26 Å². The third-order valence-corrected chi connectivity index (χ3v) is 8.85. The lowest BCUT2D eigenvalue weighted by molar-refractivity contribution is -0.0106. The number of nitriles is 1. The summed E-state index contributed by atoms with van der Waals surface area (Å²) in [4.78, 5) is 31.9. The molecule has 3 saturated heterocycles. The van der Waals surface area contributed by atoms with Gasteiger partial charge in [0.2, 0.25) is 5.95 Å². The Morgan fingerprint density at radius 3 is 2.46 bits per heavy atom. The summed E-state index contributed by atoms with van der Waals surface area (Å²) in [5, 5.41) is 13.1. The maximum Gasteiger partial charge on any atom is 0.410 e. The smallest absolute Gasteiger partial charge is 0.410 e. The van der Waals surface area contributed by atoms with E-state index in [2.05, 4.69) is 48.3 Å². The molecule has 1 N–H and O–H groups in total. The molecule has 254 valence electrons. The van der Waals surface area contributed by atoms with E-state index in [-0.39, 0.29) is 30.8 Å². The van der Waals surface area contributed by atoms with Crippen molar-refractivity contribution in [1.82, 2.24) is 24.8 Å². The molecule has 0 unspecified atom stereocenters. The summed E-state index contributed by atoms with van der Waals surface area (Å²) in [6.45, 7) is 11.3. The third kappa shape index (κ3) is 8.29. The first kappa shape index (κ1) is 33.4. The van der Waals surface area contributed by atoms with Crippen LogP contribution in [0.4, 0.5) is 26.5 Å². The molecule has 0 saturated carbocycles. The van der Waals surface area contributed by atoms with Crippen molar-refractivity contribution in [3.63, 3.8) is 0 Å². The van der Waals surface area contributed by atoms with Crippen molar-refractivity contribution < 1.29 is 23.4 Å². The molecule has 2 aromatic carbocycles. The van der Waals surface area contributed by atoms with Gasteiger partial charge in [-0.3, -0.25) is 4.90 Å². The number of carbonyl (C=O) groups is 1. The van der Waals surface area contributed by atoms with Crippen molar-refractivity contribution in [3.8, 4) is 23.2 Å². The number of alkyl halides is 1. The molecule has 0 spiro atoms. The van der Waals surface area contributed by atoms with Crippen LogP contribution in [0.3, 0.4) is 0 Å². The first-order valence-electron chi connectivity index (χ1n) is 16.6. The molecule has 3 aliphatic rings. The molecule has 4 heterocycles. The van der Waals surface area contributed by atoms with Crippen LogP contribution in [0.25, 0.3) is 11.4 Å². The summed E-state index contributed by atoms with van der Waals surface area (Å²) in [5.74, 6) is 1.01. The number of piperidine rings is 1. The molecule has 1 aromatic heterocycles. The number of hydrogen-bond donors (Lipinski definition) is 1. The molecule has 13 heteroatoms. The Morgan fingerprint density at radius 1 is 1.02 bits per heavy atom. The Labute approximate surface area is 280 Å². The predicted molar refractivity (Wildman–Crippen MR) is 179 cm³/mol. The molecule has 6 rings (SSSR count). The van der Waals surface area contributed by atoms with Crippen LogP contribution in [-0.4, -0.2) is 107 Å². The lowest BCUT2D eigenvalue weighted by Crippen LogP contribution is -2.51. The highest BCUT2D eigenvalue weighted by Crippen LogP contribution is 2.29. The quantitative estimate of drug-likeness (QED) is 0.361. The van der Waals surface area contributed by atoms with Crippen LogP contribution in [0, 0.1) is 11.3 Å². The van der Waals surface area contributed by atoms with E-state index in [0.29, 0.717) is 23.4 Å². The molecule has 3 fully saturated rings. The first-order chi connectivity index (χ1) is 23.1. The fourth-order valence-electron chi connectivity index (χ4n) is 6.31. The van der Waals surface area contributed by atoms with Gasteiger partial charge < -0.3 is 29.3 Å². The number of nitrogens with zero attached hydrogens (tertiary/aromatic N) is 7. The SMILES string of the molecule is CC(C)(C)OC(=O)N1CC[C@H](Oc2ccc(-c3ncnc(Nc4ccc(N5CCN(C6CCOCC6)CC5)cc4)n3)cc2C#N)[C@H](F)C1. The molecule has 0 radical (unpaired) electrons. The number of ether oxygens (including phenoxy) is 3. The average molecular weight is 659 g/mol. The zero-order valence-corrected chi connectivity index (χ0v) is 27.8. The normalized spacial score (nSPS) is 21.0. The Balaban J connectivity index is 1.05. The number of benzene rings is 2. The number of aromatic nitrogens is 3. The van der Waals surface area contributed by atoms with Gasteiger partial charge in [0.25, 0.3) is 0 Å². The second kappa shape index (κ2) is 14.7. The van der Waals surface area contributed by atoms with E-state index in [4.69, 9.17) is 14.2 Å². The minimum absolute atomic E-state index is 0.142. The molecule has 48 heavy (non-hydrogen) atoms. The summed E-state index contributed by atoms with van der Waals surface area (Å²) in [5.41, 5.74) is 2.19. The van der Waals surface area contributed by atoms with Crippen molar-refractivity contribution in [2.24, 2.45) is 0 Å². The average Bonchev–Trinajstić information content (AvgIpc) is 3.09. The lowest BCUT2D eigenvalue weighted by atomic mass is 10.1. The Hall–Kier alpha value is -4.54. The van der Waals surface area contributed by atoms with E-state index >= 15 is 4.39 Å². The summed E-state index contributed by atoms with van der Waals surface area (Å²) in [6, 6.07) is 16.0. The zero-order chi connectivity index (χ0) is 33.7. The molecule has 1 amide bonds. The van der Waals surface area contributed by atoms with Gasteiger partial charge in [-0.2, -0.15) is 10.2 Å². The van der Waals surface area contributed by atoms with Crippen LogP contribution in [-0.2, 0) is 9.47 Å². The van der Waals surface area contributed by atoms with Gasteiger partial charge in [0, 0.05) is 75.3 Å². The van der Waals surface area contributed by atoms with Gasteiger partial charge in [0.15, 0.2) is 12.0 Å². The number of likely N-dealkylation sites (tertiary alicyclic amines) is 1. The fraction of sp³-hybridized carbons (Fsp3) is 0.514. The summed E-state index contributed by atoms with van der Waals surface area (Å²) < 4.78 is 31.9. The van der Waals surface area contributed by atoms with E-state index in [9.17, 15) is 10.1 Å². The number of carbonyl (C=O) groups excluding carboxylic acids is 1. The first-order valence-corrected chi connectivity index (χ1v) is 16.6. The number of nitrogens with one attached hydrogen (secondary N) is 1. The molecular formula is C35H43FN8O4. The molecule has 2 atom stereocenters. The Morgan fingerprint density at radius 2 is 1.77 bits per heavy atom. The van der Waals surface area contributed by atoms with Crippen molar-refractivity contribution in [2.75, 3.05) is 62.7 Å². The second-order valence-corrected chi connectivity index (χ2v) is 13.4. The van der Waals surface area contributed by atoms with Gasteiger partial charge in [0.05, 0.1) is 12.1 Å². The van der Waals surface area contributed by atoms with E-state index in [1.807, 2.05) is 12.1 Å². The van der Waals surface area contributed by atoms with Crippen LogP contribution in [0.1, 0.15) is 45.6 Å². The van der Waals surface area contributed by atoms with E-state index in [1.165, 1.54) is 16.9 Å². The van der Waals surface area contributed by atoms with Gasteiger partial charge in [-0.1, -0.05) is 0 Å². The van der Waals surface area contributed by atoms with Crippen LogP contribution in [0.15, 0.2) is 48.8 Å². The van der Waals surface area contributed by atoms with Gasteiger partial charge in [-0.05, 0) is 76.1 Å². The van der Waals surface area contributed by atoms with Crippen LogP contribution in [0.2, 0.25) is 0 Å². The number of piperazine rings is 1. The fourth-order valence-corrected chi connectivity index (χ4v) is 6.31. The number of hydrogen-bond acceptors (Lipinski definition) is 11. The van der Waals surface area contributed by atoms with Gasteiger partial charge in [-0.25, -0.2) is 19.2 Å². The minimum Gasteiger partial charge on any atom is -0.486 e. The predicted octanol–water partition coefficient (Wildman–Crippen LogP) is 5.18. The largest absolute Gasteiger partial charge is 0.486 e. The molecule has 0 aliphatic carbocycles. The van der Waals surface area contributed by atoms with Crippen LogP contribution in [0.5, 0.6) is 5.75 Å². The van der Waals surface area contributed by atoms with E-state index in [0.717, 1.165) is 57.9 Å². The number of anilines is 3. The number of halogens is 1. The topological polar surface area (TPSA) is 129 Å². The maximum atomic E-state index is 15.1. The van der Waals surface area contributed by atoms with Gasteiger partial charge in [-0.15, -0.1) is 0 Å². The van der Waals surface area contributed by atoms with Gasteiger partial charge in [0.1, 0.15) is 29.9 Å². The maximum absolute atomic E-state index is 15.1. The summed E-state index contributed by atoms with van der Waals surface area (Å²) in [6.07, 6.45) is 1.14. The number of rotatable bonds is 7. The van der Waals surface area contributed by atoms with Crippen molar-refractivity contribution >= 4 is 23.4 Å². The molecule has 12 nitrogen and oxygen atoms in total. The zero-order valence-electron chi connectivity index (χ0n) is 27.8. The summed E-state index contributed by atoms with van der Waals surface area (Å²) in [7, 11) is 0. The standard InChI is InChI=1S/C35H43FN8O4/c1-35(2,3)48-34(45)44-13-10-31(29(36)22-44)47-30-9-4-24(20-25(30)21-37)32-38-23-39-33(41-32)40-26-5-7-27(8-6-26)42-14-16-43(17-15-42)28-11-18-46-19-12-28/h4-9,20,23,28-29,31H,10-19,22H2,1-3H3,(H,38,39,40,41)/t29-,31+/m1/s1. The Bertz CT molecular complexity index is 1600. The van der Waals surface area contributed by atoms with Crippen molar-refractivity contribution in [2.45, 2.75) is 64.0 Å². The highest BCUT2D eigenvalue weighted by Gasteiger charge is 2.35. The highest BCUT2D eigenvalue weighted by atomic mass is 19.1. The van der Waals surface area contributed by atoms with Crippen molar-refractivity contribution in [3.05, 3.63) is 54.4 Å². The van der Waals surface area contributed by atoms with Gasteiger partial charge >= 0.3 is 6.09 Å². The molecule has 0 bridgehead atoms. The third-order valence-electron chi connectivity index (χ3n) is 8.85. The van der Waals surface area contributed by atoms with Crippen LogP contribution >= 0.6 is 0 Å².